The molecule has 0 N–H and O–H groups in total. The molecule has 0 atom stereocenters. The lowest BCUT2D eigenvalue weighted by molar-refractivity contribution is -0.141. The Balaban J connectivity index is 3.60. The predicted molar refractivity (Wildman–Crippen MR) is 39.7 cm³/mol. The lowest BCUT2D eigenvalue weighted by atomic mass is 10.2. The number of ketones is 1. The van der Waals surface area contributed by atoms with E-state index in [0.717, 1.165) is 0 Å². The van der Waals surface area contributed by atoms with E-state index in [9.17, 15) is 9.59 Å². The Kier molecular flexibility index (Phi) is 4.83. The van der Waals surface area contributed by atoms with Gasteiger partial charge in [-0.3, -0.25) is 9.59 Å². The van der Waals surface area contributed by atoms with Gasteiger partial charge in [0.1, 0.15) is 0 Å². The minimum Gasteiger partial charge on any atom is -0.469 e. The molecule has 11 heavy (non-hydrogen) atoms. The second kappa shape index (κ2) is 5.48. The summed E-state index contributed by atoms with van der Waals surface area (Å²) in [5.41, 5.74) is 0. The van der Waals surface area contributed by atoms with Crippen LogP contribution in [0.15, 0.2) is 0 Å². The van der Waals surface area contributed by atoms with Crippen molar-refractivity contribution in [1.82, 2.24) is 0 Å². The van der Waals surface area contributed by atoms with Crippen molar-refractivity contribution in [3.05, 3.63) is 0 Å². The average molecular weight is 154 g/mol. The molecule has 0 aliphatic heterocycles. The van der Waals surface area contributed by atoms with Crippen LogP contribution in [0.4, 0.5) is 0 Å². The highest BCUT2D eigenvalue weighted by Crippen LogP contribution is 1.91. The van der Waals surface area contributed by atoms with Crippen LogP contribution in [0.3, 0.4) is 0 Å². The highest BCUT2D eigenvalue weighted by atomic mass is 16.5. The summed E-state index contributed by atoms with van der Waals surface area (Å²) in [7, 11) is 1.29. The van der Waals surface area contributed by atoms with Gasteiger partial charge in [-0.1, -0.05) is 5.92 Å². The van der Waals surface area contributed by atoms with Crippen LogP contribution in [0.2, 0.25) is 0 Å². The monoisotopic (exact) mass is 154 g/mol. The lowest BCUT2D eigenvalue weighted by Gasteiger charge is -1.93. The average Bonchev–Trinajstić information content (AvgIpc) is 2.01. The van der Waals surface area contributed by atoms with E-state index in [2.05, 4.69) is 16.6 Å². The fraction of sp³-hybridized carbons (Fsp3) is 0.500. The van der Waals surface area contributed by atoms with E-state index in [0.29, 0.717) is 0 Å². The zero-order valence-corrected chi connectivity index (χ0v) is 6.64. The Bertz CT molecular complexity index is 207. The normalized spacial score (nSPS) is 7.82. The molecule has 0 aromatic rings. The van der Waals surface area contributed by atoms with Crippen LogP contribution in [0.1, 0.15) is 19.8 Å². The summed E-state index contributed by atoms with van der Waals surface area (Å²) in [6.07, 6.45) is 0.261. The van der Waals surface area contributed by atoms with Gasteiger partial charge in [-0.05, 0) is 12.8 Å². The van der Waals surface area contributed by atoms with Crippen LogP contribution >= 0.6 is 0 Å². The number of hydrogen-bond donors (Lipinski definition) is 0. The van der Waals surface area contributed by atoms with Crippen molar-refractivity contribution in [2.45, 2.75) is 19.8 Å². The van der Waals surface area contributed by atoms with E-state index in [1.165, 1.54) is 7.11 Å². The first kappa shape index (κ1) is 9.70. The van der Waals surface area contributed by atoms with Gasteiger partial charge in [-0.25, -0.2) is 0 Å². The maximum absolute atomic E-state index is 10.7. The maximum Gasteiger partial charge on any atom is 0.305 e. The fourth-order valence-corrected chi connectivity index (χ4v) is 0.520. The number of Topliss-reactive ketones (excluding diaryl/α,β-unsaturated/α-hetero) is 1. The zero-order valence-electron chi connectivity index (χ0n) is 6.64. The number of carbonyl (C=O) groups is 2. The molecule has 0 aliphatic rings. The molecule has 0 fully saturated rings. The molecule has 0 saturated heterocycles. The second-order valence-electron chi connectivity index (χ2n) is 1.87. The quantitative estimate of drug-likeness (QED) is 0.338. The summed E-state index contributed by atoms with van der Waals surface area (Å²) in [5, 5.41) is 0. The van der Waals surface area contributed by atoms with Gasteiger partial charge in [-0.2, -0.15) is 0 Å². The SMILES string of the molecule is CC#CC(=O)CCC(=O)OC. The van der Waals surface area contributed by atoms with Crippen molar-refractivity contribution >= 4 is 11.8 Å². The largest absolute Gasteiger partial charge is 0.469 e. The molecule has 3 nitrogen and oxygen atoms in total. The summed E-state index contributed by atoms with van der Waals surface area (Å²) < 4.78 is 4.34. The van der Waals surface area contributed by atoms with Crippen molar-refractivity contribution in [3.63, 3.8) is 0 Å². The molecule has 0 aliphatic carbocycles. The Morgan fingerprint density at radius 1 is 1.36 bits per heavy atom. The van der Waals surface area contributed by atoms with Crippen LogP contribution in [0.5, 0.6) is 0 Å². The molecule has 0 bridgehead atoms. The first-order valence-electron chi connectivity index (χ1n) is 3.23. The number of ether oxygens (including phenoxy) is 1. The number of carbonyl (C=O) groups excluding carboxylic acids is 2. The molecule has 0 saturated carbocycles. The van der Waals surface area contributed by atoms with E-state index in [1.54, 1.807) is 6.92 Å². The minimum atomic E-state index is -0.378. The molecule has 0 heterocycles. The molecular weight excluding hydrogens is 144 g/mol. The predicted octanol–water partition coefficient (Wildman–Crippen LogP) is 0.532. The third-order valence-corrected chi connectivity index (χ3v) is 1.05. The number of esters is 1. The minimum absolute atomic E-state index is 0.115. The Labute approximate surface area is 65.7 Å². The summed E-state index contributed by atoms with van der Waals surface area (Å²) in [4.78, 5) is 21.2. The maximum atomic E-state index is 10.7. The van der Waals surface area contributed by atoms with Crippen molar-refractivity contribution < 1.29 is 14.3 Å². The summed E-state index contributed by atoms with van der Waals surface area (Å²) >= 11 is 0. The van der Waals surface area contributed by atoms with Crippen molar-refractivity contribution in [3.8, 4) is 11.8 Å². The lowest BCUT2D eigenvalue weighted by Crippen LogP contribution is -2.03. The van der Waals surface area contributed by atoms with E-state index in [-0.39, 0.29) is 24.6 Å². The van der Waals surface area contributed by atoms with Gasteiger partial charge < -0.3 is 4.74 Å². The van der Waals surface area contributed by atoms with Crippen molar-refractivity contribution in [2.24, 2.45) is 0 Å². The molecule has 0 amide bonds. The number of rotatable bonds is 3. The first-order valence-corrected chi connectivity index (χ1v) is 3.23. The third kappa shape index (κ3) is 5.16. The van der Waals surface area contributed by atoms with Gasteiger partial charge in [0.15, 0.2) is 0 Å². The van der Waals surface area contributed by atoms with Gasteiger partial charge in [-0.15, -0.1) is 0 Å². The standard InChI is InChI=1S/C8H10O3/c1-3-4-7(9)5-6-8(10)11-2/h5-6H2,1-2H3. The van der Waals surface area contributed by atoms with Gasteiger partial charge in [0.05, 0.1) is 13.5 Å². The van der Waals surface area contributed by atoms with Crippen molar-refractivity contribution in [2.75, 3.05) is 7.11 Å². The molecule has 0 unspecified atom stereocenters. The third-order valence-electron chi connectivity index (χ3n) is 1.05. The number of methoxy groups -OCH3 is 1. The number of hydrogen-bond acceptors (Lipinski definition) is 3. The van der Waals surface area contributed by atoms with Gasteiger partial charge in [0, 0.05) is 6.42 Å². The highest BCUT2D eigenvalue weighted by Gasteiger charge is 2.03. The zero-order chi connectivity index (χ0) is 8.69. The fourth-order valence-electron chi connectivity index (χ4n) is 0.520. The van der Waals surface area contributed by atoms with E-state index in [1.807, 2.05) is 0 Å². The van der Waals surface area contributed by atoms with Crippen LogP contribution in [-0.2, 0) is 14.3 Å². The smallest absolute Gasteiger partial charge is 0.305 e. The van der Waals surface area contributed by atoms with E-state index < -0.39 is 0 Å². The Hall–Kier alpha value is -1.30. The van der Waals surface area contributed by atoms with Crippen LogP contribution in [-0.4, -0.2) is 18.9 Å². The molecule has 0 aromatic heterocycles. The molecular formula is C8H10O3. The molecule has 0 rings (SSSR count). The van der Waals surface area contributed by atoms with E-state index >= 15 is 0 Å². The summed E-state index contributed by atoms with van der Waals surface area (Å²) in [5.74, 6) is 4.18. The molecule has 60 valence electrons. The van der Waals surface area contributed by atoms with Gasteiger partial charge in [0.25, 0.3) is 0 Å². The molecule has 0 spiro atoms. The van der Waals surface area contributed by atoms with E-state index in [4.69, 9.17) is 0 Å². The van der Waals surface area contributed by atoms with Crippen LogP contribution < -0.4 is 0 Å². The summed E-state index contributed by atoms with van der Waals surface area (Å²) in [6.45, 7) is 1.58. The van der Waals surface area contributed by atoms with Gasteiger partial charge in [0.2, 0.25) is 5.78 Å². The highest BCUT2D eigenvalue weighted by molar-refractivity contribution is 5.96. The second-order valence-corrected chi connectivity index (χ2v) is 1.87. The molecule has 3 heteroatoms. The summed E-state index contributed by atoms with van der Waals surface area (Å²) in [6, 6.07) is 0. The van der Waals surface area contributed by atoms with Gasteiger partial charge >= 0.3 is 5.97 Å². The van der Waals surface area contributed by atoms with Crippen LogP contribution in [0.25, 0.3) is 0 Å². The topological polar surface area (TPSA) is 43.4 Å². The first-order chi connectivity index (χ1) is 5.20. The molecule has 0 aromatic carbocycles. The molecule has 0 radical (unpaired) electrons. The van der Waals surface area contributed by atoms with Crippen molar-refractivity contribution in [1.29, 1.82) is 0 Å². The Morgan fingerprint density at radius 2 is 2.00 bits per heavy atom. The Morgan fingerprint density at radius 3 is 2.45 bits per heavy atom. The van der Waals surface area contributed by atoms with Crippen LogP contribution in [0, 0.1) is 11.8 Å².